The highest BCUT2D eigenvalue weighted by Crippen LogP contribution is 2.28. The van der Waals surface area contributed by atoms with Crippen molar-refractivity contribution >= 4 is 40.1 Å². The lowest BCUT2D eigenvalue weighted by Gasteiger charge is -2.21. The Labute approximate surface area is 190 Å². The maximum Gasteiger partial charge on any atom is 0.267 e. The Morgan fingerprint density at radius 2 is 2.00 bits per heavy atom. The number of aromatic hydroxyl groups is 1. The SMILES string of the molecule is CC(Nc1nc(N)nc(N)c1C#N)c1nc2cccc(Cl)c2c(=O)n1-c1ccc(F)c(O)c1. The molecule has 1 atom stereocenters. The van der Waals surface area contributed by atoms with Crippen molar-refractivity contribution in [3.8, 4) is 17.5 Å². The second-order valence-corrected chi connectivity index (χ2v) is 7.46. The van der Waals surface area contributed by atoms with Crippen molar-refractivity contribution in [1.29, 1.82) is 5.26 Å². The highest BCUT2D eigenvalue weighted by atomic mass is 35.5. The van der Waals surface area contributed by atoms with Gasteiger partial charge in [-0.3, -0.25) is 9.36 Å². The number of rotatable bonds is 4. The Kier molecular flexibility index (Phi) is 5.45. The van der Waals surface area contributed by atoms with E-state index in [-0.39, 0.29) is 45.1 Å². The molecule has 0 radical (unpaired) electrons. The first-order valence-corrected chi connectivity index (χ1v) is 9.88. The zero-order valence-corrected chi connectivity index (χ0v) is 17.8. The zero-order valence-electron chi connectivity index (χ0n) is 17.0. The highest BCUT2D eigenvalue weighted by molar-refractivity contribution is 6.35. The number of nitrogens with zero attached hydrogens (tertiary/aromatic N) is 5. The van der Waals surface area contributed by atoms with Gasteiger partial charge < -0.3 is 21.9 Å². The monoisotopic (exact) mass is 466 g/mol. The molecular formula is C21H16ClFN8O2. The van der Waals surface area contributed by atoms with Crippen molar-refractivity contribution in [2.75, 3.05) is 16.8 Å². The summed E-state index contributed by atoms with van der Waals surface area (Å²) < 4.78 is 14.9. The van der Waals surface area contributed by atoms with Crippen LogP contribution < -0.4 is 22.3 Å². The molecule has 4 aromatic rings. The number of hydrogen-bond acceptors (Lipinski definition) is 9. The summed E-state index contributed by atoms with van der Waals surface area (Å²) in [6, 6.07) is 9.41. The molecule has 0 fully saturated rings. The number of anilines is 3. The molecule has 33 heavy (non-hydrogen) atoms. The number of phenolic OH excluding ortho intramolecular Hbond substituents is 1. The van der Waals surface area contributed by atoms with Gasteiger partial charge in [-0.25, -0.2) is 9.37 Å². The maximum absolute atomic E-state index is 13.7. The summed E-state index contributed by atoms with van der Waals surface area (Å²) >= 11 is 6.26. The number of nitrogen functional groups attached to an aromatic ring is 2. The summed E-state index contributed by atoms with van der Waals surface area (Å²) in [6.45, 7) is 1.66. The van der Waals surface area contributed by atoms with Gasteiger partial charge in [0.25, 0.3) is 5.56 Å². The van der Waals surface area contributed by atoms with Crippen molar-refractivity contribution < 1.29 is 9.50 Å². The van der Waals surface area contributed by atoms with Crippen LogP contribution in [0.1, 0.15) is 24.4 Å². The first-order chi connectivity index (χ1) is 15.7. The quantitative estimate of drug-likeness (QED) is 0.353. The fourth-order valence-corrected chi connectivity index (χ4v) is 3.62. The van der Waals surface area contributed by atoms with Crippen LogP contribution >= 0.6 is 11.6 Å². The molecule has 0 saturated heterocycles. The van der Waals surface area contributed by atoms with Gasteiger partial charge in [-0.1, -0.05) is 17.7 Å². The summed E-state index contributed by atoms with van der Waals surface area (Å²) in [5.41, 5.74) is 11.3. The number of fused-ring (bicyclic) bond motifs is 1. The number of nitrogens with one attached hydrogen (secondary N) is 1. The van der Waals surface area contributed by atoms with E-state index in [0.29, 0.717) is 5.52 Å². The normalized spacial score (nSPS) is 11.8. The second-order valence-electron chi connectivity index (χ2n) is 7.05. The minimum absolute atomic E-state index is 0.0341. The fraction of sp³-hybridized carbons (Fsp3) is 0.0952. The van der Waals surface area contributed by atoms with Gasteiger partial charge >= 0.3 is 0 Å². The highest BCUT2D eigenvalue weighted by Gasteiger charge is 2.22. The fourth-order valence-electron chi connectivity index (χ4n) is 3.37. The van der Waals surface area contributed by atoms with Crippen LogP contribution in [-0.4, -0.2) is 24.6 Å². The van der Waals surface area contributed by atoms with Gasteiger partial charge in [-0.15, -0.1) is 0 Å². The molecule has 6 N–H and O–H groups in total. The smallest absolute Gasteiger partial charge is 0.267 e. The van der Waals surface area contributed by atoms with Gasteiger partial charge in [0.1, 0.15) is 23.3 Å². The Morgan fingerprint density at radius 1 is 1.24 bits per heavy atom. The van der Waals surface area contributed by atoms with E-state index in [1.807, 2.05) is 6.07 Å². The van der Waals surface area contributed by atoms with E-state index in [4.69, 9.17) is 23.1 Å². The number of benzene rings is 2. The lowest BCUT2D eigenvalue weighted by molar-refractivity contribution is 0.432. The van der Waals surface area contributed by atoms with Crippen molar-refractivity contribution in [2.24, 2.45) is 0 Å². The van der Waals surface area contributed by atoms with Crippen LogP contribution in [0.3, 0.4) is 0 Å². The standard InChI is InChI=1S/C21H16ClFN8O2/c1-9(27-18-11(8-24)17(25)29-21(26)30-18)19-28-14-4-2-3-12(22)16(14)20(33)31(19)10-5-6-13(23)15(32)7-10/h2-7,9,32H,1H3,(H5,25,26,27,29,30). The van der Waals surface area contributed by atoms with Gasteiger partial charge in [-0.05, 0) is 31.2 Å². The minimum Gasteiger partial charge on any atom is -0.505 e. The van der Waals surface area contributed by atoms with Gasteiger partial charge in [-0.2, -0.15) is 15.2 Å². The number of phenols is 1. The van der Waals surface area contributed by atoms with Crippen molar-refractivity contribution in [3.05, 3.63) is 69.0 Å². The molecule has 166 valence electrons. The first-order valence-electron chi connectivity index (χ1n) is 9.51. The van der Waals surface area contributed by atoms with E-state index in [1.54, 1.807) is 25.1 Å². The maximum atomic E-state index is 13.7. The van der Waals surface area contributed by atoms with Gasteiger partial charge in [0.2, 0.25) is 5.95 Å². The summed E-state index contributed by atoms with van der Waals surface area (Å²) in [7, 11) is 0. The summed E-state index contributed by atoms with van der Waals surface area (Å²) in [6.07, 6.45) is 0. The van der Waals surface area contributed by atoms with Crippen molar-refractivity contribution in [1.82, 2.24) is 19.5 Å². The Morgan fingerprint density at radius 3 is 2.70 bits per heavy atom. The van der Waals surface area contributed by atoms with Crippen LogP contribution in [0.25, 0.3) is 16.6 Å². The predicted molar refractivity (Wildman–Crippen MR) is 122 cm³/mol. The third kappa shape index (κ3) is 3.83. The van der Waals surface area contributed by atoms with Crippen molar-refractivity contribution in [2.45, 2.75) is 13.0 Å². The number of hydrogen-bond donors (Lipinski definition) is 4. The third-order valence-corrected chi connectivity index (χ3v) is 5.18. The van der Waals surface area contributed by atoms with Crippen LogP contribution in [0.4, 0.5) is 22.0 Å². The molecule has 2 heterocycles. The van der Waals surface area contributed by atoms with Gasteiger partial charge in [0.15, 0.2) is 17.4 Å². The predicted octanol–water partition coefficient (Wildman–Crippen LogP) is 2.88. The van der Waals surface area contributed by atoms with E-state index in [0.717, 1.165) is 12.1 Å². The largest absolute Gasteiger partial charge is 0.505 e. The minimum atomic E-state index is -0.850. The first kappa shape index (κ1) is 21.8. The Balaban J connectivity index is 1.96. The van der Waals surface area contributed by atoms with Crippen LogP contribution in [-0.2, 0) is 0 Å². The molecule has 0 aliphatic carbocycles. The Bertz CT molecular complexity index is 1520. The molecule has 1 unspecified atom stereocenters. The molecule has 0 aliphatic rings. The molecule has 0 aliphatic heterocycles. The van der Waals surface area contributed by atoms with E-state index in [1.165, 1.54) is 10.6 Å². The zero-order chi connectivity index (χ0) is 23.9. The number of nitrogens with two attached hydrogens (primary N) is 2. The van der Waals surface area contributed by atoms with Gasteiger partial charge in [0, 0.05) is 6.07 Å². The van der Waals surface area contributed by atoms with E-state index < -0.39 is 23.2 Å². The number of aromatic nitrogens is 4. The number of nitriles is 1. The molecule has 2 aromatic heterocycles. The molecule has 2 aromatic carbocycles. The molecule has 0 saturated carbocycles. The average Bonchev–Trinajstić information content (AvgIpc) is 2.75. The second kappa shape index (κ2) is 8.25. The molecule has 4 rings (SSSR count). The Hall–Kier alpha value is -4.43. The van der Waals surface area contributed by atoms with E-state index in [2.05, 4.69) is 20.3 Å². The lowest BCUT2D eigenvalue weighted by Crippen LogP contribution is -2.28. The summed E-state index contributed by atoms with van der Waals surface area (Å²) in [5.74, 6) is -1.55. The topological polar surface area (TPSA) is 169 Å². The molecular weight excluding hydrogens is 451 g/mol. The molecule has 10 nitrogen and oxygen atoms in total. The van der Waals surface area contributed by atoms with E-state index in [9.17, 15) is 19.6 Å². The number of halogens is 2. The van der Waals surface area contributed by atoms with Crippen LogP contribution in [0.2, 0.25) is 5.02 Å². The average molecular weight is 467 g/mol. The molecule has 0 spiro atoms. The van der Waals surface area contributed by atoms with Crippen molar-refractivity contribution in [3.63, 3.8) is 0 Å². The summed E-state index contributed by atoms with van der Waals surface area (Å²) in [4.78, 5) is 25.8. The van der Waals surface area contributed by atoms with Crippen LogP contribution in [0.5, 0.6) is 5.75 Å². The lowest BCUT2D eigenvalue weighted by atomic mass is 10.2. The van der Waals surface area contributed by atoms with Crippen LogP contribution in [0.15, 0.2) is 41.2 Å². The van der Waals surface area contributed by atoms with E-state index >= 15 is 0 Å². The molecule has 12 heteroatoms. The van der Waals surface area contributed by atoms with Crippen LogP contribution in [0, 0.1) is 17.1 Å². The van der Waals surface area contributed by atoms with Gasteiger partial charge in [0.05, 0.1) is 27.7 Å². The summed E-state index contributed by atoms with van der Waals surface area (Å²) in [5, 5.41) is 22.6. The third-order valence-electron chi connectivity index (χ3n) is 4.87. The molecule has 0 bridgehead atoms. The molecule has 0 amide bonds.